The van der Waals surface area contributed by atoms with Crippen LogP contribution < -0.4 is 9.47 Å². The first kappa shape index (κ1) is 23.2. The minimum absolute atomic E-state index is 0.0262. The second kappa shape index (κ2) is 9.95. The number of thioether (sulfide) groups is 1. The number of hydrogen-bond donors (Lipinski definition) is 1. The zero-order chi connectivity index (χ0) is 24.4. The number of methoxy groups -OCH3 is 1. The van der Waals surface area contributed by atoms with Crippen LogP contribution in [0.15, 0.2) is 58.1 Å². The Kier molecular flexibility index (Phi) is 6.59. The Hall–Kier alpha value is -3.59. The quantitative estimate of drug-likeness (QED) is 0.615. The summed E-state index contributed by atoms with van der Waals surface area (Å²) in [6.07, 6.45) is 5.12. The minimum Gasteiger partial charge on any atom is -0.493 e. The lowest BCUT2D eigenvalue weighted by Crippen LogP contribution is -2.35. The maximum absolute atomic E-state index is 12.8. The van der Waals surface area contributed by atoms with Crippen LogP contribution in [0.5, 0.6) is 11.5 Å². The molecule has 0 aliphatic carbocycles. The molecule has 1 amide bonds. The number of nitrogens with zero attached hydrogens (tertiary/aromatic N) is 4. The van der Waals surface area contributed by atoms with Gasteiger partial charge < -0.3 is 14.4 Å². The maximum Gasteiger partial charge on any atom is 0.283 e. The molecule has 5 rings (SSSR count). The van der Waals surface area contributed by atoms with Crippen molar-refractivity contribution in [3.8, 4) is 11.5 Å². The van der Waals surface area contributed by atoms with E-state index in [1.165, 1.54) is 28.8 Å². The Bertz CT molecular complexity index is 1260. The Morgan fingerprint density at radius 2 is 1.91 bits per heavy atom. The Labute approximate surface area is 208 Å². The molecular formula is C26H27N5O3S. The highest BCUT2D eigenvalue weighted by molar-refractivity contribution is 8.26. The molecule has 1 saturated heterocycles. The molecule has 3 aliphatic rings. The normalized spacial score (nSPS) is 19.0. The minimum atomic E-state index is -0.442. The number of aliphatic imine (C=N–C) groups is 1. The van der Waals surface area contributed by atoms with Gasteiger partial charge in [-0.1, -0.05) is 35.9 Å². The van der Waals surface area contributed by atoms with Crippen molar-refractivity contribution in [1.29, 1.82) is 5.41 Å². The second-order valence-corrected chi connectivity index (χ2v) is 9.57. The molecule has 3 aliphatic heterocycles. The number of fused-ring (bicyclic) bond motifs is 1. The first-order valence-corrected chi connectivity index (χ1v) is 12.4. The largest absolute Gasteiger partial charge is 0.493 e. The third-order valence-electron chi connectivity index (χ3n) is 6.05. The Morgan fingerprint density at radius 3 is 2.69 bits per heavy atom. The molecule has 35 heavy (non-hydrogen) atoms. The van der Waals surface area contributed by atoms with Gasteiger partial charge in [0.1, 0.15) is 6.61 Å². The fraction of sp³-hybridized carbons (Fsp3) is 0.308. The third-order valence-corrected chi connectivity index (χ3v) is 7.02. The van der Waals surface area contributed by atoms with Gasteiger partial charge in [-0.2, -0.15) is 10.0 Å². The van der Waals surface area contributed by atoms with Gasteiger partial charge in [-0.3, -0.25) is 10.2 Å². The molecule has 8 nitrogen and oxygen atoms in total. The molecule has 1 fully saturated rings. The molecule has 0 bridgehead atoms. The van der Waals surface area contributed by atoms with E-state index in [0.717, 1.165) is 36.7 Å². The summed E-state index contributed by atoms with van der Waals surface area (Å²) in [7, 11) is 1.58. The molecule has 2 aromatic rings. The maximum atomic E-state index is 12.8. The average molecular weight is 490 g/mol. The summed E-state index contributed by atoms with van der Waals surface area (Å²) >= 11 is 1.36. The van der Waals surface area contributed by atoms with Crippen LogP contribution in [0.25, 0.3) is 6.08 Å². The zero-order valence-corrected chi connectivity index (χ0v) is 20.6. The fourth-order valence-electron chi connectivity index (χ4n) is 4.22. The SMILES string of the molecule is COc1cc(/C=C2/C(=N)N3N=C(N4CCCCC4)SC3=NC2=O)ccc1OCc1cccc(C)c1. The number of piperidine rings is 1. The van der Waals surface area contributed by atoms with E-state index in [1.807, 2.05) is 37.3 Å². The number of likely N-dealkylation sites (tertiary alicyclic amines) is 1. The highest BCUT2D eigenvalue weighted by Crippen LogP contribution is 2.33. The molecule has 2 aromatic carbocycles. The lowest BCUT2D eigenvalue weighted by molar-refractivity contribution is -0.114. The van der Waals surface area contributed by atoms with Crippen molar-refractivity contribution in [2.45, 2.75) is 32.8 Å². The standard InChI is InChI=1S/C26H27N5O3S/c1-17-7-6-8-19(13-17)16-34-21-10-9-18(15-22(21)33-2)14-20-23(27)31-25(28-24(20)32)35-26(29-31)30-11-4-3-5-12-30/h6-10,13-15,27H,3-5,11-12,16H2,1-2H3/b20-14-,27-23?. The van der Waals surface area contributed by atoms with Crippen molar-refractivity contribution in [2.75, 3.05) is 20.2 Å². The molecule has 0 atom stereocenters. The van der Waals surface area contributed by atoms with Crippen LogP contribution in [0.3, 0.4) is 0 Å². The predicted molar refractivity (Wildman–Crippen MR) is 139 cm³/mol. The monoisotopic (exact) mass is 489 g/mol. The topological polar surface area (TPSA) is 90.6 Å². The first-order valence-electron chi connectivity index (χ1n) is 11.6. The van der Waals surface area contributed by atoms with E-state index in [9.17, 15) is 4.79 Å². The number of amidine groups is 3. The molecule has 1 N–H and O–H groups in total. The number of benzene rings is 2. The number of carbonyl (C=O) groups is 1. The molecule has 0 spiro atoms. The van der Waals surface area contributed by atoms with Gasteiger partial charge in [-0.15, -0.1) is 5.10 Å². The van der Waals surface area contributed by atoms with E-state index in [0.29, 0.717) is 28.8 Å². The lowest BCUT2D eigenvalue weighted by atomic mass is 10.1. The number of hydrogen-bond acceptors (Lipinski definition) is 7. The summed E-state index contributed by atoms with van der Waals surface area (Å²) in [5.74, 6) is 0.738. The molecule has 0 aromatic heterocycles. The van der Waals surface area contributed by atoms with Crippen molar-refractivity contribution in [3.63, 3.8) is 0 Å². The van der Waals surface area contributed by atoms with Gasteiger partial charge in [0.25, 0.3) is 5.91 Å². The highest BCUT2D eigenvalue weighted by Gasteiger charge is 2.37. The van der Waals surface area contributed by atoms with E-state index in [2.05, 4.69) is 21.1 Å². The Balaban J connectivity index is 1.34. The van der Waals surface area contributed by atoms with Crippen molar-refractivity contribution in [1.82, 2.24) is 9.91 Å². The van der Waals surface area contributed by atoms with Crippen molar-refractivity contribution < 1.29 is 14.3 Å². The van der Waals surface area contributed by atoms with Crippen LogP contribution in [0, 0.1) is 12.3 Å². The molecule has 0 radical (unpaired) electrons. The number of ether oxygens (including phenoxy) is 2. The summed E-state index contributed by atoms with van der Waals surface area (Å²) in [4.78, 5) is 19.2. The first-order chi connectivity index (χ1) is 17.0. The number of nitrogens with one attached hydrogen (secondary N) is 1. The van der Waals surface area contributed by atoms with Crippen LogP contribution >= 0.6 is 11.8 Å². The number of rotatable bonds is 5. The van der Waals surface area contributed by atoms with Gasteiger partial charge in [0.2, 0.25) is 5.17 Å². The summed E-state index contributed by atoms with van der Waals surface area (Å²) in [6.45, 7) is 4.34. The number of hydrazone groups is 1. The average Bonchev–Trinajstić information content (AvgIpc) is 3.30. The number of aryl methyl sites for hydroxylation is 1. The van der Waals surface area contributed by atoms with E-state index < -0.39 is 5.91 Å². The molecule has 180 valence electrons. The van der Waals surface area contributed by atoms with Gasteiger partial charge in [-0.25, -0.2) is 0 Å². The zero-order valence-electron chi connectivity index (χ0n) is 19.8. The molecule has 3 heterocycles. The fourth-order valence-corrected chi connectivity index (χ4v) is 5.16. The van der Waals surface area contributed by atoms with Crippen LogP contribution in [0.1, 0.15) is 36.0 Å². The van der Waals surface area contributed by atoms with Crippen molar-refractivity contribution in [3.05, 3.63) is 64.7 Å². The van der Waals surface area contributed by atoms with E-state index in [-0.39, 0.29) is 11.4 Å². The number of carbonyl (C=O) groups excluding carboxylic acids is 1. The van der Waals surface area contributed by atoms with Crippen LogP contribution in [0.2, 0.25) is 0 Å². The van der Waals surface area contributed by atoms with Gasteiger partial charge >= 0.3 is 0 Å². The van der Waals surface area contributed by atoms with Gasteiger partial charge in [0.05, 0.1) is 12.7 Å². The van der Waals surface area contributed by atoms with E-state index >= 15 is 0 Å². The third kappa shape index (κ3) is 4.95. The van der Waals surface area contributed by atoms with Gasteiger partial charge in [0, 0.05) is 13.1 Å². The van der Waals surface area contributed by atoms with Gasteiger partial charge in [0.15, 0.2) is 22.5 Å². The Morgan fingerprint density at radius 1 is 1.09 bits per heavy atom. The second-order valence-electron chi connectivity index (χ2n) is 8.64. The van der Waals surface area contributed by atoms with E-state index in [1.54, 1.807) is 19.3 Å². The van der Waals surface area contributed by atoms with Crippen LogP contribution in [0.4, 0.5) is 0 Å². The van der Waals surface area contributed by atoms with Crippen molar-refractivity contribution in [2.24, 2.45) is 10.1 Å². The summed E-state index contributed by atoms with van der Waals surface area (Å²) in [5.41, 5.74) is 3.15. The molecule has 0 unspecified atom stereocenters. The van der Waals surface area contributed by atoms with Crippen molar-refractivity contribution >= 4 is 39.9 Å². The highest BCUT2D eigenvalue weighted by atomic mass is 32.2. The molecule has 0 saturated carbocycles. The molecule has 9 heteroatoms. The van der Waals surface area contributed by atoms with Crippen LogP contribution in [-0.4, -0.2) is 52.2 Å². The summed E-state index contributed by atoms with van der Waals surface area (Å²) in [5, 5.41) is 15.9. The van der Waals surface area contributed by atoms with Crippen LogP contribution in [-0.2, 0) is 11.4 Å². The lowest BCUT2D eigenvalue weighted by Gasteiger charge is -2.26. The van der Waals surface area contributed by atoms with E-state index in [4.69, 9.17) is 14.9 Å². The number of amides is 1. The smallest absolute Gasteiger partial charge is 0.283 e. The summed E-state index contributed by atoms with van der Waals surface area (Å²) in [6, 6.07) is 13.6. The van der Waals surface area contributed by atoms with Gasteiger partial charge in [-0.05, 0) is 67.3 Å². The summed E-state index contributed by atoms with van der Waals surface area (Å²) < 4.78 is 11.5. The molecular weight excluding hydrogens is 462 g/mol. The predicted octanol–water partition coefficient (Wildman–Crippen LogP) is 4.65.